The summed E-state index contributed by atoms with van der Waals surface area (Å²) in [4.78, 5) is 26.7. The van der Waals surface area contributed by atoms with Gasteiger partial charge in [0.05, 0.1) is 11.9 Å². The van der Waals surface area contributed by atoms with E-state index in [0.29, 0.717) is 10.7 Å². The number of aliphatic imine (C=N–C) groups is 1. The van der Waals surface area contributed by atoms with E-state index in [1.165, 1.54) is 0 Å². The van der Waals surface area contributed by atoms with Crippen LogP contribution in [-0.2, 0) is 4.79 Å². The molecule has 0 aromatic heterocycles. The quantitative estimate of drug-likeness (QED) is 0.708. The Morgan fingerprint density at radius 1 is 1.14 bits per heavy atom. The van der Waals surface area contributed by atoms with E-state index in [-0.39, 0.29) is 0 Å². The molecule has 0 spiro atoms. The Balaban J connectivity index is 2.36. The van der Waals surface area contributed by atoms with Gasteiger partial charge < -0.3 is 0 Å². The molecule has 1 aromatic carbocycles. The summed E-state index contributed by atoms with van der Waals surface area (Å²) < 4.78 is 0. The highest BCUT2D eigenvalue weighted by Gasteiger charge is 2.26. The molecule has 70 valence electrons. The molecule has 0 aliphatic carbocycles. The highest BCUT2D eigenvalue weighted by Crippen LogP contribution is 2.20. The fourth-order valence-corrected chi connectivity index (χ4v) is 1.27. The average Bonchev–Trinajstić information content (AvgIpc) is 2.49. The van der Waals surface area contributed by atoms with Crippen molar-refractivity contribution in [3.05, 3.63) is 29.3 Å². The maximum atomic E-state index is 11.2. The van der Waals surface area contributed by atoms with E-state index in [2.05, 4.69) is 4.99 Å². The van der Waals surface area contributed by atoms with Crippen LogP contribution in [0.3, 0.4) is 0 Å². The summed E-state index contributed by atoms with van der Waals surface area (Å²) in [5, 5.41) is 0.550. The number of imide groups is 1. The monoisotopic (exact) mass is 208 g/mol. The van der Waals surface area contributed by atoms with E-state index in [1.54, 1.807) is 24.3 Å². The molecular weight excluding hydrogens is 204 g/mol. The Morgan fingerprint density at radius 2 is 1.79 bits per heavy atom. The predicted molar refractivity (Wildman–Crippen MR) is 52.8 cm³/mol. The van der Waals surface area contributed by atoms with Crippen LogP contribution < -0.4 is 4.90 Å². The molecule has 14 heavy (non-hydrogen) atoms. The van der Waals surface area contributed by atoms with E-state index in [4.69, 9.17) is 11.6 Å². The van der Waals surface area contributed by atoms with Gasteiger partial charge in [-0.1, -0.05) is 11.6 Å². The predicted octanol–water partition coefficient (Wildman–Crippen LogP) is 1.88. The van der Waals surface area contributed by atoms with Crippen molar-refractivity contribution in [2.45, 2.75) is 0 Å². The molecule has 0 fully saturated rings. The number of carbonyl (C=O) groups is 2. The molecule has 5 heteroatoms. The van der Waals surface area contributed by atoms with Crippen molar-refractivity contribution in [1.29, 1.82) is 0 Å². The highest BCUT2D eigenvalue weighted by atomic mass is 35.5. The van der Waals surface area contributed by atoms with Gasteiger partial charge in [-0.15, -0.1) is 0 Å². The molecule has 0 bridgehead atoms. The first kappa shape index (κ1) is 8.90. The SMILES string of the molecule is O=C1C=NC(=O)N1c1ccc(Cl)cc1. The van der Waals surface area contributed by atoms with Gasteiger partial charge in [-0.3, -0.25) is 4.79 Å². The molecule has 1 aromatic rings. The van der Waals surface area contributed by atoms with Crippen LogP contribution in [0.2, 0.25) is 5.02 Å². The molecule has 1 aliphatic heterocycles. The molecule has 3 amide bonds. The number of anilines is 1. The van der Waals surface area contributed by atoms with Crippen LogP contribution in [-0.4, -0.2) is 18.2 Å². The van der Waals surface area contributed by atoms with Gasteiger partial charge in [0, 0.05) is 5.02 Å². The summed E-state index contributed by atoms with van der Waals surface area (Å²) in [6.07, 6.45) is 0.997. The smallest absolute Gasteiger partial charge is 0.267 e. The number of hydrogen-bond acceptors (Lipinski definition) is 2. The Labute approximate surface area is 84.8 Å². The number of benzene rings is 1. The number of halogens is 1. The first-order chi connectivity index (χ1) is 6.68. The topological polar surface area (TPSA) is 49.7 Å². The van der Waals surface area contributed by atoms with Crippen LogP contribution in [0.4, 0.5) is 10.5 Å². The van der Waals surface area contributed by atoms with E-state index in [0.717, 1.165) is 11.1 Å². The normalized spacial score (nSPS) is 15.4. The summed E-state index contributed by atoms with van der Waals surface area (Å²) in [5.74, 6) is -0.433. The van der Waals surface area contributed by atoms with Crippen LogP contribution in [0.5, 0.6) is 0 Å². The third-order valence-corrected chi connectivity index (χ3v) is 2.03. The lowest BCUT2D eigenvalue weighted by molar-refractivity contribution is -0.111. The van der Waals surface area contributed by atoms with Crippen molar-refractivity contribution in [2.24, 2.45) is 4.99 Å². The largest absolute Gasteiger partial charge is 0.355 e. The number of urea groups is 1. The van der Waals surface area contributed by atoms with E-state index in [9.17, 15) is 9.59 Å². The second-order valence-electron chi connectivity index (χ2n) is 2.69. The van der Waals surface area contributed by atoms with Gasteiger partial charge in [0.15, 0.2) is 0 Å². The van der Waals surface area contributed by atoms with Crippen LogP contribution in [0.25, 0.3) is 0 Å². The third kappa shape index (κ3) is 1.40. The number of nitrogens with zero attached hydrogens (tertiary/aromatic N) is 2. The minimum Gasteiger partial charge on any atom is -0.267 e. The second-order valence-corrected chi connectivity index (χ2v) is 3.13. The molecule has 1 heterocycles. The molecule has 2 rings (SSSR count). The fraction of sp³-hybridized carbons (Fsp3) is 0. The van der Waals surface area contributed by atoms with Crippen molar-refractivity contribution in [2.75, 3.05) is 4.90 Å². The maximum Gasteiger partial charge on any atom is 0.355 e. The zero-order chi connectivity index (χ0) is 10.1. The number of hydrogen-bond donors (Lipinski definition) is 0. The molecule has 0 saturated carbocycles. The highest BCUT2D eigenvalue weighted by molar-refractivity contribution is 6.45. The van der Waals surface area contributed by atoms with Crippen molar-refractivity contribution >= 4 is 35.4 Å². The fourth-order valence-electron chi connectivity index (χ4n) is 1.15. The summed E-state index contributed by atoms with van der Waals surface area (Å²) in [6, 6.07) is 5.82. The van der Waals surface area contributed by atoms with Gasteiger partial charge in [-0.2, -0.15) is 4.99 Å². The standard InChI is InChI=1S/C9H5ClN2O2/c10-6-1-3-7(4-2-6)12-8(13)5-11-9(12)14/h1-5H. The molecule has 0 saturated heterocycles. The molecule has 0 radical (unpaired) electrons. The lowest BCUT2D eigenvalue weighted by Crippen LogP contribution is -2.29. The first-order valence-corrected chi connectivity index (χ1v) is 4.24. The van der Waals surface area contributed by atoms with Crippen molar-refractivity contribution < 1.29 is 9.59 Å². The molecule has 0 unspecified atom stereocenters. The number of carbonyl (C=O) groups excluding carboxylic acids is 2. The van der Waals surface area contributed by atoms with Crippen LogP contribution in [0.15, 0.2) is 29.3 Å². The lowest BCUT2D eigenvalue weighted by Gasteiger charge is -2.11. The van der Waals surface area contributed by atoms with Gasteiger partial charge in [-0.05, 0) is 24.3 Å². The van der Waals surface area contributed by atoms with Crippen LogP contribution in [0, 0.1) is 0 Å². The van der Waals surface area contributed by atoms with Crippen molar-refractivity contribution in [1.82, 2.24) is 0 Å². The van der Waals surface area contributed by atoms with Gasteiger partial charge in [-0.25, -0.2) is 9.69 Å². The lowest BCUT2D eigenvalue weighted by atomic mass is 10.3. The minimum absolute atomic E-state index is 0.433. The Morgan fingerprint density at radius 3 is 2.29 bits per heavy atom. The number of rotatable bonds is 1. The van der Waals surface area contributed by atoms with E-state index < -0.39 is 11.9 Å². The van der Waals surface area contributed by atoms with Crippen LogP contribution >= 0.6 is 11.6 Å². The zero-order valence-electron chi connectivity index (χ0n) is 6.98. The van der Waals surface area contributed by atoms with Crippen molar-refractivity contribution in [3.63, 3.8) is 0 Å². The molecule has 0 atom stereocenters. The van der Waals surface area contributed by atoms with Crippen molar-refractivity contribution in [3.8, 4) is 0 Å². The van der Waals surface area contributed by atoms with Gasteiger partial charge in [0.25, 0.3) is 5.91 Å². The summed E-state index contributed by atoms with van der Waals surface area (Å²) in [5.41, 5.74) is 0.474. The van der Waals surface area contributed by atoms with Crippen LogP contribution in [0.1, 0.15) is 0 Å². The Kier molecular flexibility index (Phi) is 2.05. The van der Waals surface area contributed by atoms with Gasteiger partial charge in [0.1, 0.15) is 0 Å². The third-order valence-electron chi connectivity index (χ3n) is 1.78. The Hall–Kier alpha value is -1.68. The van der Waals surface area contributed by atoms with Gasteiger partial charge in [0.2, 0.25) is 0 Å². The maximum absolute atomic E-state index is 11.2. The summed E-state index contributed by atoms with van der Waals surface area (Å²) in [7, 11) is 0. The minimum atomic E-state index is -0.572. The summed E-state index contributed by atoms with van der Waals surface area (Å²) in [6.45, 7) is 0. The molecule has 1 aliphatic rings. The molecule has 0 N–H and O–H groups in total. The van der Waals surface area contributed by atoms with Gasteiger partial charge >= 0.3 is 6.03 Å². The second kappa shape index (κ2) is 3.23. The zero-order valence-corrected chi connectivity index (χ0v) is 7.73. The van der Waals surface area contributed by atoms with E-state index in [1.807, 2.05) is 0 Å². The number of amides is 3. The summed E-state index contributed by atoms with van der Waals surface area (Å²) >= 11 is 5.67. The molecular formula is C9H5ClN2O2. The molecule has 4 nitrogen and oxygen atoms in total. The first-order valence-electron chi connectivity index (χ1n) is 3.86. The Bertz CT molecular complexity index is 407. The average molecular weight is 209 g/mol. The van der Waals surface area contributed by atoms with E-state index >= 15 is 0 Å².